The van der Waals surface area contributed by atoms with Gasteiger partial charge in [0.05, 0.1) is 28.3 Å². The van der Waals surface area contributed by atoms with Crippen molar-refractivity contribution < 1.29 is 9.90 Å². The molecule has 8 rings (SSSR count). The smallest absolute Gasteiger partial charge is 0.335 e. The van der Waals surface area contributed by atoms with Gasteiger partial charge in [0, 0.05) is 38.8 Å². The predicted octanol–water partition coefficient (Wildman–Crippen LogP) is 11.2. The lowest BCUT2D eigenvalue weighted by atomic mass is 9.92. The van der Waals surface area contributed by atoms with E-state index in [2.05, 4.69) is 130 Å². The zero-order valence-electron chi connectivity index (χ0n) is 29.6. The van der Waals surface area contributed by atoms with Crippen LogP contribution in [0, 0.1) is 41.5 Å². The summed E-state index contributed by atoms with van der Waals surface area (Å²) in [7, 11) is 0. The highest BCUT2D eigenvalue weighted by molar-refractivity contribution is 5.99. The quantitative estimate of drug-likeness (QED) is 0.174. The van der Waals surface area contributed by atoms with Gasteiger partial charge >= 0.3 is 5.97 Å². The molecule has 0 radical (unpaired) electrons. The third-order valence-electron chi connectivity index (χ3n) is 9.85. The van der Waals surface area contributed by atoms with Crippen LogP contribution in [0.25, 0.3) is 79.8 Å². The van der Waals surface area contributed by atoms with E-state index in [4.69, 9.17) is 9.97 Å². The minimum atomic E-state index is -0.962. The van der Waals surface area contributed by atoms with Gasteiger partial charge in [0.15, 0.2) is 0 Å². The van der Waals surface area contributed by atoms with Gasteiger partial charge < -0.3 is 15.1 Å². The number of carbonyl (C=O) groups is 1. The van der Waals surface area contributed by atoms with E-state index in [0.717, 1.165) is 78.2 Å². The van der Waals surface area contributed by atoms with E-state index < -0.39 is 5.97 Å². The average molecular weight is 667 g/mol. The number of nitrogens with zero attached hydrogens (tertiary/aromatic N) is 2. The molecule has 6 heteroatoms. The Balaban J connectivity index is 1.55. The van der Waals surface area contributed by atoms with Crippen LogP contribution in [-0.2, 0) is 0 Å². The summed E-state index contributed by atoms with van der Waals surface area (Å²) < 4.78 is 0. The summed E-state index contributed by atoms with van der Waals surface area (Å²) in [5.41, 5.74) is 20.5. The second-order valence-electron chi connectivity index (χ2n) is 13.8. The van der Waals surface area contributed by atoms with Crippen LogP contribution in [0.4, 0.5) is 0 Å². The van der Waals surface area contributed by atoms with Gasteiger partial charge in [0.25, 0.3) is 0 Å². The molecule has 0 spiro atoms. The summed E-state index contributed by atoms with van der Waals surface area (Å²) in [6, 6.07) is 26.4. The zero-order valence-corrected chi connectivity index (χ0v) is 29.6. The number of aromatic carboxylic acids is 1. The molecule has 0 unspecified atom stereocenters. The number of H-pyrrole nitrogens is 2. The van der Waals surface area contributed by atoms with Crippen LogP contribution < -0.4 is 0 Å². The maximum atomic E-state index is 11.8. The third kappa shape index (κ3) is 5.69. The molecule has 3 N–H and O–H groups in total. The van der Waals surface area contributed by atoms with Gasteiger partial charge in [-0.1, -0.05) is 47.5 Å². The van der Waals surface area contributed by atoms with E-state index in [1.54, 1.807) is 12.1 Å². The second-order valence-corrected chi connectivity index (χ2v) is 13.8. The molecule has 0 atom stereocenters. The Labute approximate surface area is 296 Å². The van der Waals surface area contributed by atoms with Gasteiger partial charge in [-0.25, -0.2) is 14.8 Å². The molecule has 3 aromatic carbocycles. The molecule has 0 amide bonds. The first-order chi connectivity index (χ1) is 24.5. The van der Waals surface area contributed by atoms with Crippen molar-refractivity contribution in [2.75, 3.05) is 0 Å². The van der Waals surface area contributed by atoms with Crippen LogP contribution in [0.5, 0.6) is 0 Å². The summed E-state index contributed by atoms with van der Waals surface area (Å²) in [5.74, 6) is -0.962. The molecule has 6 aromatic rings. The number of nitrogens with one attached hydrogen (secondary N) is 2. The first-order valence-electron chi connectivity index (χ1n) is 17.2. The lowest BCUT2D eigenvalue weighted by Crippen LogP contribution is -1.96. The molecular weight excluding hydrogens is 629 g/mol. The number of carboxylic acid groups (broad SMARTS) is 1. The van der Waals surface area contributed by atoms with Crippen LogP contribution in [0.1, 0.15) is 66.5 Å². The first kappa shape index (κ1) is 32.0. The summed E-state index contributed by atoms with van der Waals surface area (Å²) >= 11 is 0. The molecule has 0 saturated carbocycles. The molecule has 250 valence electrons. The van der Waals surface area contributed by atoms with Gasteiger partial charge in [-0.3, -0.25) is 0 Å². The number of hydrogen-bond donors (Lipinski definition) is 3. The summed E-state index contributed by atoms with van der Waals surface area (Å²) in [5, 5.41) is 9.68. The number of benzene rings is 3. The summed E-state index contributed by atoms with van der Waals surface area (Å²) in [4.78, 5) is 29.8. The van der Waals surface area contributed by atoms with E-state index in [1.807, 2.05) is 12.1 Å². The number of hydrogen-bond acceptors (Lipinski definition) is 3. The highest BCUT2D eigenvalue weighted by Gasteiger charge is 2.20. The molecule has 3 aromatic heterocycles. The van der Waals surface area contributed by atoms with Crippen LogP contribution >= 0.6 is 0 Å². The van der Waals surface area contributed by atoms with E-state index in [-0.39, 0.29) is 5.56 Å². The van der Waals surface area contributed by atoms with E-state index in [9.17, 15) is 9.90 Å². The highest BCUT2D eigenvalue weighted by Crippen LogP contribution is 2.39. The van der Waals surface area contributed by atoms with Gasteiger partial charge in [0.1, 0.15) is 0 Å². The Morgan fingerprint density at radius 3 is 1.55 bits per heavy atom. The highest BCUT2D eigenvalue weighted by atomic mass is 16.4. The molecule has 2 aliphatic rings. The Bertz CT molecular complexity index is 2570. The van der Waals surface area contributed by atoms with Crippen molar-refractivity contribution in [3.8, 4) is 33.4 Å². The van der Waals surface area contributed by atoms with Crippen molar-refractivity contribution in [3.05, 3.63) is 141 Å². The molecule has 0 saturated heterocycles. The van der Waals surface area contributed by atoms with Crippen molar-refractivity contribution in [1.29, 1.82) is 0 Å². The van der Waals surface area contributed by atoms with E-state index in [0.29, 0.717) is 0 Å². The molecule has 8 bridgehead atoms. The molecule has 0 aliphatic carbocycles. The van der Waals surface area contributed by atoms with Crippen molar-refractivity contribution in [2.24, 2.45) is 0 Å². The number of rotatable bonds is 4. The first-order valence-corrected chi connectivity index (χ1v) is 17.2. The maximum absolute atomic E-state index is 11.8. The minimum absolute atomic E-state index is 0.232. The lowest BCUT2D eigenvalue weighted by molar-refractivity contribution is 0.0697. The number of aromatic amines is 2. The second kappa shape index (κ2) is 12.3. The Morgan fingerprint density at radius 1 is 0.510 bits per heavy atom. The molecule has 51 heavy (non-hydrogen) atoms. The van der Waals surface area contributed by atoms with Gasteiger partial charge in [0.2, 0.25) is 0 Å². The number of aromatic nitrogens is 4. The Morgan fingerprint density at radius 2 is 0.980 bits per heavy atom. The van der Waals surface area contributed by atoms with Crippen molar-refractivity contribution in [1.82, 2.24) is 19.9 Å². The van der Waals surface area contributed by atoms with Gasteiger partial charge in [-0.15, -0.1) is 0 Å². The summed E-state index contributed by atoms with van der Waals surface area (Å²) in [6.45, 7) is 12.9. The number of aryl methyl sites for hydroxylation is 6. The molecule has 2 aliphatic heterocycles. The fourth-order valence-corrected chi connectivity index (χ4v) is 7.90. The van der Waals surface area contributed by atoms with Gasteiger partial charge in [-0.05, 0) is 147 Å². The largest absolute Gasteiger partial charge is 0.478 e. The standard InChI is InChI=1S/C45H38N4O2/c1-24-19-26(3)40(27(4)20-24)43-36-13-11-32(46-36)23-33-12-14-37(47-33)44(41-28(5)21-25(2)22-29(41)6)39-18-16-35(49-39)42(34-15-17-38(43)48-34)30-7-9-31(10-8-30)45(50)51/h7-23,46,49H,1-6H3,(H,50,51). The number of fused-ring (bicyclic) bond motifs is 8. The Hall–Kier alpha value is -6.27. The molecule has 5 heterocycles. The predicted molar refractivity (Wildman–Crippen MR) is 211 cm³/mol. The van der Waals surface area contributed by atoms with E-state index in [1.165, 1.54) is 33.4 Å². The normalized spacial score (nSPS) is 12.1. The average Bonchev–Trinajstić information content (AvgIpc) is 3.90. The molecular formula is C45H38N4O2. The van der Waals surface area contributed by atoms with Crippen molar-refractivity contribution in [3.63, 3.8) is 0 Å². The topological polar surface area (TPSA) is 94.7 Å². The number of carboxylic acids is 1. The monoisotopic (exact) mass is 666 g/mol. The molecule has 0 fully saturated rings. The SMILES string of the molecule is Cc1cc(C)c(-c2c3nc(c(-c4ccc(C(=O)O)cc4)c4ccc([nH]4)c(-c4c(C)cc(C)cc4C)c4nc(cc5ccc2[nH]5)C=C4)C=C3)c(C)c1. The van der Waals surface area contributed by atoms with Gasteiger partial charge in [-0.2, -0.15) is 0 Å². The van der Waals surface area contributed by atoms with Crippen LogP contribution in [0.15, 0.2) is 78.9 Å². The molecule has 6 nitrogen and oxygen atoms in total. The van der Waals surface area contributed by atoms with Crippen LogP contribution in [-0.4, -0.2) is 31.0 Å². The summed E-state index contributed by atoms with van der Waals surface area (Å²) in [6.07, 6.45) is 8.32. The lowest BCUT2D eigenvalue weighted by Gasteiger charge is -2.13. The maximum Gasteiger partial charge on any atom is 0.335 e. The van der Waals surface area contributed by atoms with Crippen molar-refractivity contribution >= 4 is 52.3 Å². The zero-order chi connectivity index (χ0) is 35.6. The third-order valence-corrected chi connectivity index (χ3v) is 9.85. The van der Waals surface area contributed by atoms with Crippen LogP contribution in [0.2, 0.25) is 0 Å². The van der Waals surface area contributed by atoms with Crippen LogP contribution in [0.3, 0.4) is 0 Å². The van der Waals surface area contributed by atoms with E-state index >= 15 is 0 Å². The van der Waals surface area contributed by atoms with Crippen molar-refractivity contribution in [2.45, 2.75) is 41.5 Å². The fourth-order valence-electron chi connectivity index (χ4n) is 7.90. The fraction of sp³-hybridized carbons (Fsp3) is 0.133. The minimum Gasteiger partial charge on any atom is -0.478 e. The Kier molecular flexibility index (Phi) is 7.68.